The smallest absolute Gasteiger partial charge is 0.252 e. The van der Waals surface area contributed by atoms with Gasteiger partial charge in [-0.05, 0) is 0 Å². The molecular formula is C11H20N4O3. The van der Waals surface area contributed by atoms with E-state index in [-0.39, 0.29) is 6.61 Å². The third kappa shape index (κ3) is 3.74. The molecule has 0 saturated carbocycles. The van der Waals surface area contributed by atoms with Crippen LogP contribution in [-0.4, -0.2) is 71.5 Å². The zero-order chi connectivity index (χ0) is 12.8. The Bertz CT molecular complexity index is 350. The van der Waals surface area contributed by atoms with E-state index in [4.69, 9.17) is 14.4 Å². The molecule has 0 aromatic carbocycles. The number of aliphatic hydroxyl groups is 1. The predicted molar refractivity (Wildman–Crippen MR) is 63.8 cm³/mol. The molecule has 1 aromatic heterocycles. The molecule has 1 aliphatic rings. The minimum absolute atomic E-state index is 0.227. The van der Waals surface area contributed by atoms with Crippen molar-refractivity contribution < 1.29 is 14.4 Å². The molecule has 0 atom stereocenters. The second kappa shape index (κ2) is 6.79. The summed E-state index contributed by atoms with van der Waals surface area (Å²) in [6, 6.07) is 0. The van der Waals surface area contributed by atoms with Gasteiger partial charge in [0.25, 0.3) is 5.89 Å². The third-order valence-electron chi connectivity index (χ3n) is 3.02. The van der Waals surface area contributed by atoms with Gasteiger partial charge in [0, 0.05) is 39.8 Å². The molecule has 1 N–H and O–H groups in total. The second-order valence-electron chi connectivity index (χ2n) is 4.38. The Morgan fingerprint density at radius 3 is 2.67 bits per heavy atom. The number of ether oxygens (including phenoxy) is 1. The number of hydrogen-bond acceptors (Lipinski definition) is 7. The fourth-order valence-corrected chi connectivity index (χ4v) is 2.05. The number of aliphatic hydroxyl groups excluding tert-OH is 1. The van der Waals surface area contributed by atoms with Crippen molar-refractivity contribution in [2.75, 3.05) is 46.4 Å². The van der Waals surface area contributed by atoms with Gasteiger partial charge in [0.2, 0.25) is 0 Å². The van der Waals surface area contributed by atoms with Crippen LogP contribution in [0.5, 0.6) is 0 Å². The predicted octanol–water partition coefficient (Wildman–Crippen LogP) is -0.674. The summed E-state index contributed by atoms with van der Waals surface area (Å²) in [6.45, 7) is 5.94. The minimum atomic E-state index is 0.227. The lowest BCUT2D eigenvalue weighted by Crippen LogP contribution is -2.46. The molecule has 0 spiro atoms. The maximum Gasteiger partial charge on any atom is 0.252 e. The van der Waals surface area contributed by atoms with Crippen molar-refractivity contribution in [2.24, 2.45) is 0 Å². The molecule has 0 amide bonds. The fourth-order valence-electron chi connectivity index (χ4n) is 2.05. The Hall–Kier alpha value is -1.02. The lowest BCUT2D eigenvalue weighted by Gasteiger charge is -2.33. The van der Waals surface area contributed by atoms with Gasteiger partial charge in [-0.1, -0.05) is 5.16 Å². The molecule has 0 unspecified atom stereocenters. The summed E-state index contributed by atoms with van der Waals surface area (Å²) in [7, 11) is 1.60. The van der Waals surface area contributed by atoms with Crippen LogP contribution in [0.25, 0.3) is 0 Å². The molecule has 102 valence electrons. The quantitative estimate of drug-likeness (QED) is 0.723. The zero-order valence-electron chi connectivity index (χ0n) is 10.7. The molecule has 1 aromatic rings. The van der Waals surface area contributed by atoms with Gasteiger partial charge in [0.1, 0.15) is 6.61 Å². The van der Waals surface area contributed by atoms with Crippen molar-refractivity contribution >= 4 is 0 Å². The Kier molecular flexibility index (Phi) is 5.06. The normalized spacial score (nSPS) is 18.3. The van der Waals surface area contributed by atoms with Crippen molar-refractivity contribution in [3.05, 3.63) is 11.7 Å². The molecule has 1 saturated heterocycles. The first-order valence-electron chi connectivity index (χ1n) is 6.18. The van der Waals surface area contributed by atoms with Gasteiger partial charge in [-0.15, -0.1) is 0 Å². The SMILES string of the molecule is COCc1nc(CN2CCN(CCO)CC2)no1. The van der Waals surface area contributed by atoms with Crippen molar-refractivity contribution in [3.63, 3.8) is 0 Å². The Morgan fingerprint density at radius 2 is 2.00 bits per heavy atom. The van der Waals surface area contributed by atoms with Crippen LogP contribution < -0.4 is 0 Å². The van der Waals surface area contributed by atoms with Crippen molar-refractivity contribution in [3.8, 4) is 0 Å². The van der Waals surface area contributed by atoms with E-state index in [1.54, 1.807) is 7.11 Å². The molecule has 18 heavy (non-hydrogen) atoms. The lowest BCUT2D eigenvalue weighted by atomic mass is 10.3. The van der Waals surface area contributed by atoms with E-state index in [0.29, 0.717) is 24.9 Å². The molecule has 1 fully saturated rings. The maximum absolute atomic E-state index is 8.87. The van der Waals surface area contributed by atoms with Gasteiger partial charge in [-0.25, -0.2) is 0 Å². The van der Waals surface area contributed by atoms with Crippen LogP contribution in [0.4, 0.5) is 0 Å². The largest absolute Gasteiger partial charge is 0.395 e. The molecule has 0 aliphatic carbocycles. The highest BCUT2D eigenvalue weighted by Gasteiger charge is 2.18. The van der Waals surface area contributed by atoms with Crippen LogP contribution in [0.15, 0.2) is 4.52 Å². The molecule has 2 rings (SSSR count). The van der Waals surface area contributed by atoms with Crippen LogP contribution in [0.3, 0.4) is 0 Å². The highest BCUT2D eigenvalue weighted by Crippen LogP contribution is 2.06. The molecular weight excluding hydrogens is 236 g/mol. The van der Waals surface area contributed by atoms with Crippen LogP contribution in [0, 0.1) is 0 Å². The molecule has 2 heterocycles. The Morgan fingerprint density at radius 1 is 1.28 bits per heavy atom. The van der Waals surface area contributed by atoms with E-state index in [9.17, 15) is 0 Å². The number of nitrogens with zero attached hydrogens (tertiary/aromatic N) is 4. The van der Waals surface area contributed by atoms with Gasteiger partial charge >= 0.3 is 0 Å². The topological polar surface area (TPSA) is 74.9 Å². The monoisotopic (exact) mass is 256 g/mol. The van der Waals surface area contributed by atoms with E-state index < -0.39 is 0 Å². The number of hydrogen-bond donors (Lipinski definition) is 1. The maximum atomic E-state index is 8.87. The average molecular weight is 256 g/mol. The molecule has 7 heteroatoms. The van der Waals surface area contributed by atoms with Crippen molar-refractivity contribution in [1.29, 1.82) is 0 Å². The lowest BCUT2D eigenvalue weighted by molar-refractivity contribution is 0.106. The summed E-state index contributed by atoms with van der Waals surface area (Å²) in [5, 5.41) is 12.8. The van der Waals surface area contributed by atoms with Gasteiger partial charge in [-0.2, -0.15) is 4.98 Å². The van der Waals surface area contributed by atoms with Crippen LogP contribution in [0.1, 0.15) is 11.7 Å². The van der Waals surface area contributed by atoms with E-state index in [1.807, 2.05) is 0 Å². The summed E-state index contributed by atoms with van der Waals surface area (Å²) < 4.78 is 9.98. The molecule has 1 aliphatic heterocycles. The van der Waals surface area contributed by atoms with E-state index in [2.05, 4.69) is 19.9 Å². The van der Waals surface area contributed by atoms with E-state index in [1.165, 1.54) is 0 Å². The highest BCUT2D eigenvalue weighted by molar-refractivity contribution is 4.86. The zero-order valence-corrected chi connectivity index (χ0v) is 10.7. The Labute approximate surface area is 106 Å². The Balaban J connectivity index is 1.76. The third-order valence-corrected chi connectivity index (χ3v) is 3.02. The van der Waals surface area contributed by atoms with Crippen molar-refractivity contribution in [2.45, 2.75) is 13.2 Å². The first-order valence-corrected chi connectivity index (χ1v) is 6.18. The van der Waals surface area contributed by atoms with Crippen LogP contribution in [0.2, 0.25) is 0 Å². The molecule has 0 radical (unpaired) electrons. The molecule has 7 nitrogen and oxygen atoms in total. The standard InChI is InChI=1S/C11H20N4O3/c1-17-9-11-12-10(13-18-11)8-15-4-2-14(3-5-15)6-7-16/h16H,2-9H2,1H3. The highest BCUT2D eigenvalue weighted by atomic mass is 16.5. The number of rotatable bonds is 6. The number of β-amino-alcohol motifs (C(OH)–C–C–N with tert-alkyl or cyclic N) is 1. The summed E-state index contributed by atoms with van der Waals surface area (Å²) in [6.07, 6.45) is 0. The number of aromatic nitrogens is 2. The first-order chi connectivity index (χ1) is 8.81. The fraction of sp³-hybridized carbons (Fsp3) is 0.818. The van der Waals surface area contributed by atoms with E-state index >= 15 is 0 Å². The number of methoxy groups -OCH3 is 1. The summed E-state index contributed by atoms with van der Waals surface area (Å²) in [4.78, 5) is 8.79. The van der Waals surface area contributed by atoms with Gasteiger partial charge in [-0.3, -0.25) is 9.80 Å². The summed E-state index contributed by atoms with van der Waals surface area (Å²) >= 11 is 0. The van der Waals surface area contributed by atoms with Crippen LogP contribution in [-0.2, 0) is 17.9 Å². The van der Waals surface area contributed by atoms with E-state index in [0.717, 1.165) is 32.7 Å². The number of piperazine rings is 1. The second-order valence-corrected chi connectivity index (χ2v) is 4.38. The van der Waals surface area contributed by atoms with Crippen LogP contribution >= 0.6 is 0 Å². The molecule has 0 bridgehead atoms. The van der Waals surface area contributed by atoms with Crippen molar-refractivity contribution in [1.82, 2.24) is 19.9 Å². The van der Waals surface area contributed by atoms with Gasteiger partial charge in [0.05, 0.1) is 13.2 Å². The van der Waals surface area contributed by atoms with Gasteiger partial charge in [0.15, 0.2) is 5.82 Å². The average Bonchev–Trinajstić information content (AvgIpc) is 2.80. The summed E-state index contributed by atoms with van der Waals surface area (Å²) in [5.74, 6) is 1.23. The first kappa shape index (κ1) is 13.4. The summed E-state index contributed by atoms with van der Waals surface area (Å²) in [5.41, 5.74) is 0. The minimum Gasteiger partial charge on any atom is -0.395 e. The van der Waals surface area contributed by atoms with Gasteiger partial charge < -0.3 is 14.4 Å².